The van der Waals surface area contributed by atoms with E-state index in [2.05, 4.69) is 48.9 Å². The minimum Gasteiger partial charge on any atom is -0.373 e. The fourth-order valence-electron chi connectivity index (χ4n) is 2.47. The van der Waals surface area contributed by atoms with Gasteiger partial charge in [0.2, 0.25) is 0 Å². The number of rotatable bonds is 6. The molecule has 1 aliphatic rings. The lowest BCUT2D eigenvalue weighted by Crippen LogP contribution is -2.40. The van der Waals surface area contributed by atoms with E-state index in [0.717, 1.165) is 45.0 Å². The standard InChI is InChI=1S/C16H27N3OS/c1-4-17-15(19-12-16(3)8-6-9-20-16)18-11-13(2)14-7-5-10-21-14/h5,7,10,13H,4,6,8-9,11-12H2,1-3H3,(H2,17,18,19). The second-order valence-electron chi connectivity index (χ2n) is 5.89. The van der Waals surface area contributed by atoms with Crippen LogP contribution < -0.4 is 10.6 Å². The summed E-state index contributed by atoms with van der Waals surface area (Å²) in [5, 5.41) is 8.88. The summed E-state index contributed by atoms with van der Waals surface area (Å²) in [4.78, 5) is 6.10. The van der Waals surface area contributed by atoms with Gasteiger partial charge < -0.3 is 15.4 Å². The Morgan fingerprint density at radius 2 is 2.38 bits per heavy atom. The summed E-state index contributed by atoms with van der Waals surface area (Å²) >= 11 is 1.81. The SMILES string of the molecule is CCNC(=NCC1(C)CCCO1)NCC(C)c1cccs1. The number of nitrogens with zero attached hydrogens (tertiary/aromatic N) is 1. The predicted octanol–water partition coefficient (Wildman–Crippen LogP) is 2.98. The van der Waals surface area contributed by atoms with E-state index >= 15 is 0 Å². The van der Waals surface area contributed by atoms with Crippen LogP contribution in [0.3, 0.4) is 0 Å². The number of ether oxygens (including phenoxy) is 1. The Morgan fingerprint density at radius 3 is 3.00 bits per heavy atom. The van der Waals surface area contributed by atoms with Crippen molar-refractivity contribution in [3.8, 4) is 0 Å². The molecule has 2 N–H and O–H groups in total. The minimum absolute atomic E-state index is 0.0816. The smallest absolute Gasteiger partial charge is 0.191 e. The third-order valence-corrected chi connectivity index (χ3v) is 4.92. The molecule has 1 saturated heterocycles. The highest BCUT2D eigenvalue weighted by molar-refractivity contribution is 7.10. The lowest BCUT2D eigenvalue weighted by atomic mass is 10.0. The van der Waals surface area contributed by atoms with E-state index < -0.39 is 0 Å². The molecule has 1 aromatic rings. The summed E-state index contributed by atoms with van der Waals surface area (Å²) in [6.45, 7) is 9.83. The number of hydrogen-bond acceptors (Lipinski definition) is 3. The summed E-state index contributed by atoms with van der Waals surface area (Å²) in [5.74, 6) is 1.38. The van der Waals surface area contributed by atoms with Crippen LogP contribution in [-0.4, -0.2) is 37.8 Å². The maximum Gasteiger partial charge on any atom is 0.191 e. The van der Waals surface area contributed by atoms with E-state index in [9.17, 15) is 0 Å². The first-order valence-electron chi connectivity index (χ1n) is 7.82. The summed E-state index contributed by atoms with van der Waals surface area (Å²) in [5.41, 5.74) is -0.0816. The molecule has 21 heavy (non-hydrogen) atoms. The van der Waals surface area contributed by atoms with Crippen molar-refractivity contribution < 1.29 is 4.74 Å². The Hall–Kier alpha value is -1.07. The Balaban J connectivity index is 1.86. The van der Waals surface area contributed by atoms with E-state index in [1.165, 1.54) is 4.88 Å². The van der Waals surface area contributed by atoms with Gasteiger partial charge in [-0.2, -0.15) is 0 Å². The predicted molar refractivity (Wildman–Crippen MR) is 90.3 cm³/mol. The summed E-state index contributed by atoms with van der Waals surface area (Å²) < 4.78 is 5.79. The van der Waals surface area contributed by atoms with E-state index in [0.29, 0.717) is 5.92 Å². The number of aliphatic imine (C=N–C) groups is 1. The third-order valence-electron chi connectivity index (χ3n) is 3.82. The number of guanidine groups is 1. The van der Waals surface area contributed by atoms with Crippen LogP contribution in [0.25, 0.3) is 0 Å². The molecule has 118 valence electrons. The van der Waals surface area contributed by atoms with Crippen LogP contribution in [0, 0.1) is 0 Å². The topological polar surface area (TPSA) is 45.7 Å². The summed E-state index contributed by atoms with van der Waals surface area (Å²) in [7, 11) is 0. The molecule has 0 aromatic carbocycles. The van der Waals surface area contributed by atoms with Gasteiger partial charge in [0.05, 0.1) is 12.1 Å². The van der Waals surface area contributed by atoms with E-state index in [1.807, 2.05) is 11.3 Å². The van der Waals surface area contributed by atoms with Crippen LogP contribution in [0.1, 0.15) is 44.4 Å². The monoisotopic (exact) mass is 309 g/mol. The molecule has 2 heterocycles. The maximum atomic E-state index is 5.79. The Kier molecular flexibility index (Phi) is 6.06. The van der Waals surface area contributed by atoms with Crippen LogP contribution in [0.15, 0.2) is 22.5 Å². The lowest BCUT2D eigenvalue weighted by molar-refractivity contribution is 0.0283. The molecule has 2 rings (SSSR count). The van der Waals surface area contributed by atoms with Crippen molar-refractivity contribution in [1.82, 2.24) is 10.6 Å². The maximum absolute atomic E-state index is 5.79. The second kappa shape index (κ2) is 7.80. The molecule has 0 aliphatic carbocycles. The molecule has 0 saturated carbocycles. The first-order chi connectivity index (χ1) is 10.1. The number of nitrogens with one attached hydrogen (secondary N) is 2. The number of hydrogen-bond donors (Lipinski definition) is 2. The van der Waals surface area contributed by atoms with Gasteiger partial charge in [-0.3, -0.25) is 4.99 Å². The van der Waals surface area contributed by atoms with Crippen LogP contribution in [0.2, 0.25) is 0 Å². The molecular formula is C16H27N3OS. The van der Waals surface area contributed by atoms with Crippen LogP contribution >= 0.6 is 11.3 Å². The molecule has 2 unspecified atom stereocenters. The molecule has 1 fully saturated rings. The molecule has 0 radical (unpaired) electrons. The van der Waals surface area contributed by atoms with Crippen molar-refractivity contribution in [2.45, 2.75) is 45.1 Å². The largest absolute Gasteiger partial charge is 0.373 e. The zero-order chi connectivity index (χ0) is 15.1. The van der Waals surface area contributed by atoms with E-state index in [1.54, 1.807) is 0 Å². The Labute approximate surface area is 132 Å². The number of thiophene rings is 1. The van der Waals surface area contributed by atoms with Crippen molar-refractivity contribution >= 4 is 17.3 Å². The summed E-state index contributed by atoms with van der Waals surface area (Å²) in [6.07, 6.45) is 2.24. The molecule has 4 nitrogen and oxygen atoms in total. The van der Waals surface area contributed by atoms with Gasteiger partial charge in [0.25, 0.3) is 0 Å². The molecule has 0 spiro atoms. The fourth-order valence-corrected chi connectivity index (χ4v) is 3.26. The molecule has 2 atom stereocenters. The highest BCUT2D eigenvalue weighted by Gasteiger charge is 2.29. The fraction of sp³-hybridized carbons (Fsp3) is 0.688. The van der Waals surface area contributed by atoms with Crippen LogP contribution in [0.4, 0.5) is 0 Å². The molecule has 1 aromatic heterocycles. The quantitative estimate of drug-likeness (QED) is 0.627. The first kappa shape index (κ1) is 16.3. The van der Waals surface area contributed by atoms with Crippen LogP contribution in [-0.2, 0) is 4.74 Å². The van der Waals surface area contributed by atoms with Crippen molar-refractivity contribution in [2.75, 3.05) is 26.2 Å². The van der Waals surface area contributed by atoms with Gasteiger partial charge in [0, 0.05) is 30.5 Å². The highest BCUT2D eigenvalue weighted by atomic mass is 32.1. The van der Waals surface area contributed by atoms with E-state index in [-0.39, 0.29) is 5.60 Å². The van der Waals surface area contributed by atoms with E-state index in [4.69, 9.17) is 9.73 Å². The van der Waals surface area contributed by atoms with Crippen LogP contribution in [0.5, 0.6) is 0 Å². The molecular weight excluding hydrogens is 282 g/mol. The van der Waals surface area contributed by atoms with Gasteiger partial charge in [-0.25, -0.2) is 0 Å². The average molecular weight is 309 g/mol. The van der Waals surface area contributed by atoms with Gasteiger partial charge in [0.15, 0.2) is 5.96 Å². The Bertz CT molecular complexity index is 438. The average Bonchev–Trinajstić information content (AvgIpc) is 3.13. The third kappa shape index (κ3) is 5.00. The van der Waals surface area contributed by atoms with Gasteiger partial charge in [-0.15, -0.1) is 11.3 Å². The van der Waals surface area contributed by atoms with Crippen molar-refractivity contribution in [3.05, 3.63) is 22.4 Å². The highest BCUT2D eigenvalue weighted by Crippen LogP contribution is 2.25. The minimum atomic E-state index is -0.0816. The zero-order valence-electron chi connectivity index (χ0n) is 13.3. The van der Waals surface area contributed by atoms with Crippen molar-refractivity contribution in [2.24, 2.45) is 4.99 Å². The van der Waals surface area contributed by atoms with Gasteiger partial charge in [0.1, 0.15) is 0 Å². The van der Waals surface area contributed by atoms with Gasteiger partial charge >= 0.3 is 0 Å². The first-order valence-corrected chi connectivity index (χ1v) is 8.70. The molecule has 1 aliphatic heterocycles. The molecule has 5 heteroatoms. The second-order valence-corrected chi connectivity index (χ2v) is 6.87. The van der Waals surface area contributed by atoms with Crippen molar-refractivity contribution in [1.29, 1.82) is 0 Å². The van der Waals surface area contributed by atoms with Gasteiger partial charge in [-0.05, 0) is 38.1 Å². The summed E-state index contributed by atoms with van der Waals surface area (Å²) in [6, 6.07) is 4.29. The molecule has 0 amide bonds. The normalized spacial score (nSPS) is 24.0. The lowest BCUT2D eigenvalue weighted by Gasteiger charge is -2.22. The van der Waals surface area contributed by atoms with Crippen molar-refractivity contribution in [3.63, 3.8) is 0 Å². The zero-order valence-corrected chi connectivity index (χ0v) is 14.1. The Morgan fingerprint density at radius 1 is 1.52 bits per heavy atom. The van der Waals surface area contributed by atoms with Gasteiger partial charge in [-0.1, -0.05) is 13.0 Å². The molecule has 0 bridgehead atoms.